The average Bonchev–Trinajstić information content (AvgIpc) is 2.62. The molecule has 0 atom stereocenters. The number of cyclic esters (lactones) is 1. The van der Waals surface area contributed by atoms with E-state index < -0.39 is 0 Å². The van der Waals surface area contributed by atoms with Gasteiger partial charge >= 0.3 is 5.97 Å². The summed E-state index contributed by atoms with van der Waals surface area (Å²) in [5, 5.41) is 0. The Morgan fingerprint density at radius 3 is 2.81 bits per heavy atom. The van der Waals surface area contributed by atoms with Crippen LogP contribution in [0.4, 0.5) is 0 Å². The highest BCUT2D eigenvalue weighted by Crippen LogP contribution is 2.35. The van der Waals surface area contributed by atoms with Gasteiger partial charge in [-0.25, -0.2) is 4.79 Å². The Hall–Kier alpha value is -1.55. The monoisotopic (exact) mass is 222 g/mol. The maximum Gasteiger partial charge on any atom is 0.342 e. The molecule has 1 aliphatic rings. The number of esters is 1. The summed E-state index contributed by atoms with van der Waals surface area (Å²) in [6.45, 7) is 2.69. The van der Waals surface area contributed by atoms with Crippen molar-refractivity contribution in [3.05, 3.63) is 28.3 Å². The molecule has 0 N–H and O–H groups in total. The number of carbonyl (C=O) groups is 1. The number of rotatable bonds is 3. The summed E-state index contributed by atoms with van der Waals surface area (Å²) in [5.41, 5.74) is 3.35. The van der Waals surface area contributed by atoms with Crippen LogP contribution < -0.4 is 4.74 Å². The van der Waals surface area contributed by atoms with Gasteiger partial charge in [0.15, 0.2) is 0 Å². The lowest BCUT2D eigenvalue weighted by Gasteiger charge is -2.12. The van der Waals surface area contributed by atoms with Crippen LogP contribution in [0.5, 0.6) is 5.75 Å². The fourth-order valence-corrected chi connectivity index (χ4v) is 2.05. The molecule has 0 bridgehead atoms. The Morgan fingerprint density at radius 2 is 2.19 bits per heavy atom. The van der Waals surface area contributed by atoms with Crippen molar-refractivity contribution in [2.24, 2.45) is 0 Å². The van der Waals surface area contributed by atoms with Gasteiger partial charge in [-0.2, -0.15) is 0 Å². The minimum absolute atomic E-state index is 0.309. The molecule has 1 aromatic carbocycles. The van der Waals surface area contributed by atoms with Gasteiger partial charge in [0, 0.05) is 12.7 Å². The minimum atomic E-state index is -0.312. The first-order valence-electron chi connectivity index (χ1n) is 5.04. The second-order valence-corrected chi connectivity index (χ2v) is 3.75. The smallest absolute Gasteiger partial charge is 0.342 e. The number of fused-ring (bicyclic) bond motifs is 1. The molecule has 0 spiro atoms. The quantitative estimate of drug-likeness (QED) is 0.732. The Bertz CT molecular complexity index is 437. The highest BCUT2D eigenvalue weighted by atomic mass is 16.5. The number of ether oxygens (including phenoxy) is 3. The van der Waals surface area contributed by atoms with Gasteiger partial charge in [0.1, 0.15) is 17.9 Å². The van der Waals surface area contributed by atoms with Gasteiger partial charge in [0.2, 0.25) is 0 Å². The van der Waals surface area contributed by atoms with Crippen molar-refractivity contribution < 1.29 is 19.0 Å². The lowest BCUT2D eigenvalue weighted by molar-refractivity contribution is 0.0531. The normalized spacial score (nSPS) is 13.6. The molecule has 1 heterocycles. The summed E-state index contributed by atoms with van der Waals surface area (Å²) >= 11 is 0. The number of hydrogen-bond donors (Lipinski definition) is 0. The molecule has 16 heavy (non-hydrogen) atoms. The van der Waals surface area contributed by atoms with Gasteiger partial charge in [-0.3, -0.25) is 0 Å². The van der Waals surface area contributed by atoms with Crippen molar-refractivity contribution >= 4 is 5.97 Å². The second-order valence-electron chi connectivity index (χ2n) is 3.75. The molecule has 1 aliphatic heterocycles. The first-order chi connectivity index (χ1) is 7.69. The molecule has 86 valence electrons. The Balaban J connectivity index is 2.62. The van der Waals surface area contributed by atoms with E-state index in [4.69, 9.17) is 14.2 Å². The average molecular weight is 222 g/mol. The van der Waals surface area contributed by atoms with E-state index in [2.05, 4.69) is 0 Å². The van der Waals surface area contributed by atoms with Crippen LogP contribution in [-0.2, 0) is 22.7 Å². The second kappa shape index (κ2) is 4.14. The van der Waals surface area contributed by atoms with Crippen molar-refractivity contribution in [2.45, 2.75) is 20.1 Å². The summed E-state index contributed by atoms with van der Waals surface area (Å²) in [4.78, 5) is 11.6. The van der Waals surface area contributed by atoms with E-state index in [1.165, 1.54) is 0 Å². The molecule has 0 radical (unpaired) electrons. The van der Waals surface area contributed by atoms with Gasteiger partial charge in [-0.1, -0.05) is 0 Å². The molecule has 4 nitrogen and oxygen atoms in total. The zero-order valence-electron chi connectivity index (χ0n) is 9.62. The van der Waals surface area contributed by atoms with E-state index in [1.807, 2.05) is 13.0 Å². The number of hydrogen-bond acceptors (Lipinski definition) is 4. The zero-order valence-corrected chi connectivity index (χ0v) is 9.62. The lowest BCUT2D eigenvalue weighted by atomic mass is 9.99. The lowest BCUT2D eigenvalue weighted by Crippen LogP contribution is -2.03. The third-order valence-electron chi connectivity index (χ3n) is 2.72. The molecule has 4 heteroatoms. The third-order valence-corrected chi connectivity index (χ3v) is 2.72. The van der Waals surface area contributed by atoms with Crippen LogP contribution in [0.2, 0.25) is 0 Å². The van der Waals surface area contributed by atoms with Gasteiger partial charge < -0.3 is 14.2 Å². The molecule has 2 rings (SSSR count). The summed E-state index contributed by atoms with van der Waals surface area (Å²) in [7, 11) is 3.19. The standard InChI is InChI=1S/C12H14O4/c1-7-4-8(5-14-2)9-6-16-12(13)10(9)11(7)15-3/h4H,5-6H2,1-3H3. The fraction of sp³-hybridized carbons (Fsp3) is 0.417. The molecule has 0 saturated heterocycles. The SMILES string of the molecule is COCc1cc(C)c(OC)c2c1COC2=O. The van der Waals surface area contributed by atoms with Gasteiger partial charge in [0.25, 0.3) is 0 Å². The zero-order chi connectivity index (χ0) is 11.7. The summed E-state index contributed by atoms with van der Waals surface area (Å²) < 4.78 is 15.4. The first kappa shape index (κ1) is 11.0. The van der Waals surface area contributed by atoms with Gasteiger partial charge in [-0.15, -0.1) is 0 Å². The van der Waals surface area contributed by atoms with Crippen molar-refractivity contribution in [1.29, 1.82) is 0 Å². The summed E-state index contributed by atoms with van der Waals surface area (Å²) in [6, 6.07) is 1.98. The number of aryl methyl sites for hydroxylation is 1. The highest BCUT2D eigenvalue weighted by molar-refractivity contribution is 5.97. The molecular weight excluding hydrogens is 208 g/mol. The van der Waals surface area contributed by atoms with Crippen LogP contribution in [0, 0.1) is 6.92 Å². The van der Waals surface area contributed by atoms with E-state index in [0.717, 1.165) is 16.7 Å². The topological polar surface area (TPSA) is 44.8 Å². The maximum atomic E-state index is 11.6. The Kier molecular flexibility index (Phi) is 2.83. The molecule has 0 unspecified atom stereocenters. The molecule has 0 aliphatic carbocycles. The molecule has 0 aromatic heterocycles. The van der Waals surface area contributed by atoms with Gasteiger partial charge in [-0.05, 0) is 24.1 Å². The van der Waals surface area contributed by atoms with E-state index in [1.54, 1.807) is 14.2 Å². The molecule has 0 saturated carbocycles. The number of benzene rings is 1. The van der Waals surface area contributed by atoms with Crippen LogP contribution in [0.25, 0.3) is 0 Å². The van der Waals surface area contributed by atoms with Crippen LogP contribution >= 0.6 is 0 Å². The fourth-order valence-electron chi connectivity index (χ4n) is 2.05. The maximum absolute atomic E-state index is 11.6. The third kappa shape index (κ3) is 1.55. The van der Waals surface area contributed by atoms with Crippen LogP contribution in [-0.4, -0.2) is 20.2 Å². The minimum Gasteiger partial charge on any atom is -0.496 e. The molecule has 1 aromatic rings. The largest absolute Gasteiger partial charge is 0.496 e. The number of methoxy groups -OCH3 is 2. The molecular formula is C12H14O4. The van der Waals surface area contributed by atoms with Crippen LogP contribution in [0.15, 0.2) is 6.07 Å². The van der Waals surface area contributed by atoms with Crippen LogP contribution in [0.3, 0.4) is 0 Å². The molecule has 0 fully saturated rings. The highest BCUT2D eigenvalue weighted by Gasteiger charge is 2.29. The number of carbonyl (C=O) groups excluding carboxylic acids is 1. The predicted molar refractivity (Wildman–Crippen MR) is 57.6 cm³/mol. The van der Waals surface area contributed by atoms with Crippen molar-refractivity contribution in [1.82, 2.24) is 0 Å². The first-order valence-corrected chi connectivity index (χ1v) is 5.04. The Morgan fingerprint density at radius 1 is 1.44 bits per heavy atom. The Labute approximate surface area is 94.1 Å². The van der Waals surface area contributed by atoms with Crippen LogP contribution in [0.1, 0.15) is 27.0 Å². The van der Waals surface area contributed by atoms with Crippen molar-refractivity contribution in [3.63, 3.8) is 0 Å². The predicted octanol–water partition coefficient (Wildman–Crippen LogP) is 1.82. The molecule has 0 amide bonds. The summed E-state index contributed by atoms with van der Waals surface area (Å²) in [6.07, 6.45) is 0. The van der Waals surface area contributed by atoms with Crippen molar-refractivity contribution in [2.75, 3.05) is 14.2 Å². The van der Waals surface area contributed by atoms with E-state index in [9.17, 15) is 4.79 Å². The van der Waals surface area contributed by atoms with E-state index in [-0.39, 0.29) is 5.97 Å². The van der Waals surface area contributed by atoms with E-state index in [0.29, 0.717) is 24.5 Å². The van der Waals surface area contributed by atoms with E-state index >= 15 is 0 Å². The van der Waals surface area contributed by atoms with Crippen molar-refractivity contribution in [3.8, 4) is 5.75 Å². The van der Waals surface area contributed by atoms with Gasteiger partial charge in [0.05, 0.1) is 13.7 Å². The summed E-state index contributed by atoms with van der Waals surface area (Å²) in [5.74, 6) is 0.297.